The molecular weight excluding hydrogens is 354 g/mol. The van der Waals surface area contributed by atoms with E-state index in [1.807, 2.05) is 18.2 Å². The number of rotatable bonds is 9. The van der Waals surface area contributed by atoms with Crippen LogP contribution in [0.4, 0.5) is 0 Å². The summed E-state index contributed by atoms with van der Waals surface area (Å²) in [5.74, 6) is 0.593. The Kier molecular flexibility index (Phi) is 8.30. The molecule has 2 N–H and O–H groups in total. The van der Waals surface area contributed by atoms with Crippen LogP contribution in [0.5, 0.6) is 5.75 Å². The number of ether oxygens (including phenoxy) is 1. The first kappa shape index (κ1) is 22.2. The molecule has 1 aromatic carbocycles. The first-order chi connectivity index (χ1) is 13.5. The van der Waals surface area contributed by atoms with Gasteiger partial charge in [0, 0.05) is 13.5 Å². The van der Waals surface area contributed by atoms with Crippen LogP contribution in [0.2, 0.25) is 0 Å². The van der Waals surface area contributed by atoms with E-state index in [1.54, 1.807) is 7.11 Å². The minimum atomic E-state index is -0.772. The van der Waals surface area contributed by atoms with Crippen molar-refractivity contribution in [2.24, 2.45) is 0 Å². The fraction of sp³-hybridized carbons (Fsp3) is 0.636. The summed E-state index contributed by atoms with van der Waals surface area (Å²) in [7, 11) is 1.66. The highest BCUT2D eigenvalue weighted by molar-refractivity contribution is 5.91. The lowest BCUT2D eigenvalue weighted by Crippen LogP contribution is -2.60. The lowest BCUT2D eigenvalue weighted by molar-refractivity contribution is -0.134. The highest BCUT2D eigenvalue weighted by atomic mass is 16.5. The lowest BCUT2D eigenvalue weighted by atomic mass is 9.80. The number of carbonyl (C=O) groups is 2. The van der Waals surface area contributed by atoms with Gasteiger partial charge in [-0.2, -0.15) is 0 Å². The van der Waals surface area contributed by atoms with Crippen LogP contribution in [0.15, 0.2) is 24.3 Å². The second-order valence-corrected chi connectivity index (χ2v) is 7.55. The summed E-state index contributed by atoms with van der Waals surface area (Å²) < 4.78 is 5.38. The molecule has 1 unspecified atom stereocenters. The van der Waals surface area contributed by atoms with Gasteiger partial charge < -0.3 is 15.4 Å². The molecule has 0 bridgehead atoms. The quantitative estimate of drug-likeness (QED) is 0.681. The van der Waals surface area contributed by atoms with Gasteiger partial charge in [0.1, 0.15) is 11.3 Å². The van der Waals surface area contributed by atoms with Crippen molar-refractivity contribution in [3.63, 3.8) is 0 Å². The minimum absolute atomic E-state index is 0.0482. The van der Waals surface area contributed by atoms with E-state index in [2.05, 4.69) is 35.4 Å². The van der Waals surface area contributed by atoms with Gasteiger partial charge in [-0.05, 0) is 43.6 Å². The zero-order valence-corrected chi connectivity index (χ0v) is 17.7. The Morgan fingerprint density at radius 2 is 1.86 bits per heavy atom. The zero-order chi connectivity index (χ0) is 20.6. The van der Waals surface area contributed by atoms with Gasteiger partial charge >= 0.3 is 0 Å². The molecule has 156 valence electrons. The first-order valence-corrected chi connectivity index (χ1v) is 10.4. The van der Waals surface area contributed by atoms with Crippen LogP contribution >= 0.6 is 0 Å². The molecule has 1 aromatic rings. The van der Waals surface area contributed by atoms with Gasteiger partial charge in [-0.15, -0.1) is 0 Å². The van der Waals surface area contributed by atoms with Crippen LogP contribution in [0.1, 0.15) is 64.5 Å². The molecule has 0 radical (unpaired) electrons. The standard InChI is InChI=1S/C22H35N3O3/c1-5-25(6-2)20(18-11-10-12-19(15-18)28-4)16-23-21(27)22(24-17(3)26)13-8-7-9-14-22/h10-12,15,20H,5-9,13-14,16H2,1-4H3,(H,23,27)(H,24,26). The molecule has 1 saturated carbocycles. The Bertz CT molecular complexity index is 652. The van der Waals surface area contributed by atoms with Gasteiger partial charge in [0.25, 0.3) is 0 Å². The van der Waals surface area contributed by atoms with Crippen LogP contribution in [-0.2, 0) is 9.59 Å². The fourth-order valence-corrected chi connectivity index (χ4v) is 4.23. The van der Waals surface area contributed by atoms with Crippen molar-refractivity contribution < 1.29 is 14.3 Å². The summed E-state index contributed by atoms with van der Waals surface area (Å²) in [5, 5.41) is 6.10. The van der Waals surface area contributed by atoms with Crippen molar-refractivity contribution in [1.82, 2.24) is 15.5 Å². The average molecular weight is 390 g/mol. The Hall–Kier alpha value is -2.08. The molecule has 0 aliphatic heterocycles. The van der Waals surface area contributed by atoms with Crippen LogP contribution in [0, 0.1) is 0 Å². The maximum atomic E-state index is 13.1. The van der Waals surface area contributed by atoms with Gasteiger partial charge in [0.05, 0.1) is 13.2 Å². The summed E-state index contributed by atoms with van der Waals surface area (Å²) in [6.07, 6.45) is 4.44. The number of nitrogens with zero attached hydrogens (tertiary/aromatic N) is 1. The number of benzene rings is 1. The molecule has 1 atom stereocenters. The molecule has 6 heteroatoms. The molecule has 1 fully saturated rings. The van der Waals surface area contributed by atoms with E-state index >= 15 is 0 Å². The molecule has 2 amide bonds. The predicted molar refractivity (Wildman–Crippen MR) is 111 cm³/mol. The highest BCUT2D eigenvalue weighted by Crippen LogP contribution is 2.29. The van der Waals surface area contributed by atoms with Crippen molar-refractivity contribution in [3.8, 4) is 5.75 Å². The van der Waals surface area contributed by atoms with Gasteiger partial charge in [0.15, 0.2) is 0 Å². The number of nitrogens with one attached hydrogen (secondary N) is 2. The third-order valence-electron chi connectivity index (χ3n) is 5.74. The number of amides is 2. The van der Waals surface area contributed by atoms with Crippen LogP contribution < -0.4 is 15.4 Å². The van der Waals surface area contributed by atoms with E-state index in [1.165, 1.54) is 6.92 Å². The fourth-order valence-electron chi connectivity index (χ4n) is 4.23. The molecule has 0 aromatic heterocycles. The van der Waals surface area contributed by atoms with Crippen molar-refractivity contribution in [3.05, 3.63) is 29.8 Å². The van der Waals surface area contributed by atoms with E-state index < -0.39 is 5.54 Å². The van der Waals surface area contributed by atoms with Crippen molar-refractivity contribution in [1.29, 1.82) is 0 Å². The monoisotopic (exact) mass is 389 g/mol. The molecule has 28 heavy (non-hydrogen) atoms. The maximum Gasteiger partial charge on any atom is 0.245 e. The van der Waals surface area contributed by atoms with E-state index in [9.17, 15) is 9.59 Å². The first-order valence-electron chi connectivity index (χ1n) is 10.4. The Morgan fingerprint density at radius 3 is 2.43 bits per heavy atom. The smallest absolute Gasteiger partial charge is 0.245 e. The number of methoxy groups -OCH3 is 1. The Balaban J connectivity index is 2.18. The number of hydrogen-bond acceptors (Lipinski definition) is 4. The molecule has 1 aliphatic carbocycles. The van der Waals surface area contributed by atoms with Crippen LogP contribution in [-0.4, -0.2) is 49.0 Å². The third-order valence-corrected chi connectivity index (χ3v) is 5.74. The second kappa shape index (κ2) is 10.5. The third kappa shape index (κ3) is 5.47. The molecular formula is C22H35N3O3. The summed E-state index contributed by atoms with van der Waals surface area (Å²) in [4.78, 5) is 27.2. The highest BCUT2D eigenvalue weighted by Gasteiger charge is 2.40. The zero-order valence-electron chi connectivity index (χ0n) is 17.7. The number of hydrogen-bond donors (Lipinski definition) is 2. The molecule has 2 rings (SSSR count). The molecule has 1 aliphatic rings. The molecule has 0 saturated heterocycles. The molecule has 0 heterocycles. The average Bonchev–Trinajstić information content (AvgIpc) is 2.71. The Morgan fingerprint density at radius 1 is 1.18 bits per heavy atom. The van der Waals surface area contributed by atoms with E-state index in [0.29, 0.717) is 19.4 Å². The minimum Gasteiger partial charge on any atom is -0.497 e. The van der Waals surface area contributed by atoms with Gasteiger partial charge in [-0.25, -0.2) is 0 Å². The molecule has 6 nitrogen and oxygen atoms in total. The van der Waals surface area contributed by atoms with Gasteiger partial charge in [0.2, 0.25) is 11.8 Å². The van der Waals surface area contributed by atoms with Crippen LogP contribution in [0.3, 0.4) is 0 Å². The normalized spacial score (nSPS) is 17.0. The summed E-state index contributed by atoms with van der Waals surface area (Å²) >= 11 is 0. The maximum absolute atomic E-state index is 13.1. The summed E-state index contributed by atoms with van der Waals surface area (Å²) in [6, 6.07) is 8.05. The second-order valence-electron chi connectivity index (χ2n) is 7.55. The predicted octanol–water partition coefficient (Wildman–Crippen LogP) is 3.03. The van der Waals surface area contributed by atoms with Gasteiger partial charge in [-0.3, -0.25) is 14.5 Å². The van der Waals surface area contributed by atoms with E-state index in [0.717, 1.165) is 43.7 Å². The van der Waals surface area contributed by atoms with E-state index in [-0.39, 0.29) is 17.9 Å². The van der Waals surface area contributed by atoms with Crippen molar-refractivity contribution in [2.75, 3.05) is 26.7 Å². The Labute approximate surface area is 169 Å². The van der Waals surface area contributed by atoms with Gasteiger partial charge in [-0.1, -0.05) is 45.2 Å². The topological polar surface area (TPSA) is 70.7 Å². The summed E-state index contributed by atoms with van der Waals surface area (Å²) in [6.45, 7) is 7.99. The van der Waals surface area contributed by atoms with E-state index in [4.69, 9.17) is 4.74 Å². The number of likely N-dealkylation sites (N-methyl/N-ethyl adjacent to an activating group) is 1. The SMILES string of the molecule is CCN(CC)C(CNC(=O)C1(NC(C)=O)CCCCC1)c1cccc(OC)c1. The number of carbonyl (C=O) groups excluding carboxylic acids is 2. The van der Waals surface area contributed by atoms with Crippen molar-refractivity contribution >= 4 is 11.8 Å². The van der Waals surface area contributed by atoms with Crippen molar-refractivity contribution in [2.45, 2.75) is 64.5 Å². The van der Waals surface area contributed by atoms with Crippen LogP contribution in [0.25, 0.3) is 0 Å². The summed E-state index contributed by atoms with van der Waals surface area (Å²) in [5.41, 5.74) is 0.340. The lowest BCUT2D eigenvalue weighted by Gasteiger charge is -2.37. The molecule has 0 spiro atoms. The largest absolute Gasteiger partial charge is 0.497 e.